The van der Waals surface area contributed by atoms with E-state index in [0.717, 1.165) is 30.5 Å². The molecule has 1 atom stereocenters. The number of aryl methyl sites for hydroxylation is 1. The Morgan fingerprint density at radius 3 is 2.62 bits per heavy atom. The van der Waals surface area contributed by atoms with Gasteiger partial charge in [0, 0.05) is 6.54 Å². The van der Waals surface area contributed by atoms with Crippen molar-refractivity contribution in [3.63, 3.8) is 0 Å². The highest BCUT2D eigenvalue weighted by Crippen LogP contribution is 2.27. The first kappa shape index (κ1) is 18.5. The number of amides is 1. The number of carbonyl (C=O) groups excluding carboxylic acids is 1. The SMILES string of the molecule is Cc1ccc([C@@H](CNC(=O)COc2ccccc2)N2CCC(C)CC2)o1. The molecule has 2 aromatic rings. The first-order chi connectivity index (χ1) is 12.6. The molecule has 0 aliphatic carbocycles. The van der Waals surface area contributed by atoms with Crippen molar-refractivity contribution >= 4 is 5.91 Å². The van der Waals surface area contributed by atoms with Gasteiger partial charge in [0.25, 0.3) is 5.91 Å². The Morgan fingerprint density at radius 1 is 1.23 bits per heavy atom. The minimum Gasteiger partial charge on any atom is -0.484 e. The van der Waals surface area contributed by atoms with Crippen LogP contribution in [0.4, 0.5) is 0 Å². The fraction of sp³-hybridized carbons (Fsp3) is 0.476. The number of benzene rings is 1. The van der Waals surface area contributed by atoms with Crippen molar-refractivity contribution in [2.24, 2.45) is 5.92 Å². The number of carbonyl (C=O) groups is 1. The number of nitrogens with zero attached hydrogens (tertiary/aromatic N) is 1. The Balaban J connectivity index is 1.56. The maximum atomic E-state index is 12.2. The number of hydrogen-bond acceptors (Lipinski definition) is 4. The number of ether oxygens (including phenoxy) is 1. The Morgan fingerprint density at radius 2 is 1.96 bits per heavy atom. The molecule has 2 heterocycles. The first-order valence-corrected chi connectivity index (χ1v) is 9.37. The van der Waals surface area contributed by atoms with Crippen LogP contribution >= 0.6 is 0 Å². The highest BCUT2D eigenvalue weighted by Gasteiger charge is 2.27. The molecule has 1 aromatic heterocycles. The molecule has 1 aliphatic rings. The third kappa shape index (κ3) is 5.11. The van der Waals surface area contributed by atoms with Crippen molar-refractivity contribution in [1.82, 2.24) is 10.2 Å². The third-order valence-electron chi connectivity index (χ3n) is 4.95. The number of piperidine rings is 1. The lowest BCUT2D eigenvalue weighted by atomic mass is 9.97. The lowest BCUT2D eigenvalue weighted by molar-refractivity contribution is -0.123. The highest BCUT2D eigenvalue weighted by molar-refractivity contribution is 5.77. The molecular weight excluding hydrogens is 328 g/mol. The van der Waals surface area contributed by atoms with E-state index in [-0.39, 0.29) is 18.6 Å². The Labute approximate surface area is 155 Å². The monoisotopic (exact) mass is 356 g/mol. The van der Waals surface area contributed by atoms with Crippen LogP contribution in [0, 0.1) is 12.8 Å². The molecule has 26 heavy (non-hydrogen) atoms. The Kier molecular flexibility index (Phi) is 6.34. The summed E-state index contributed by atoms with van der Waals surface area (Å²) in [4.78, 5) is 14.6. The number of furan rings is 1. The van der Waals surface area contributed by atoms with Crippen molar-refractivity contribution < 1.29 is 13.9 Å². The summed E-state index contributed by atoms with van der Waals surface area (Å²) in [7, 11) is 0. The molecule has 140 valence electrons. The van der Waals surface area contributed by atoms with Crippen LogP contribution in [0.25, 0.3) is 0 Å². The summed E-state index contributed by atoms with van der Waals surface area (Å²) in [6, 6.07) is 13.5. The zero-order valence-electron chi connectivity index (χ0n) is 15.6. The van der Waals surface area contributed by atoms with Crippen LogP contribution in [0.15, 0.2) is 46.9 Å². The summed E-state index contributed by atoms with van der Waals surface area (Å²) in [5, 5.41) is 3.00. The summed E-state index contributed by atoms with van der Waals surface area (Å²) >= 11 is 0. The number of rotatable bonds is 7. The van der Waals surface area contributed by atoms with E-state index in [1.807, 2.05) is 49.4 Å². The van der Waals surface area contributed by atoms with Crippen LogP contribution in [0.1, 0.15) is 37.3 Å². The summed E-state index contributed by atoms with van der Waals surface area (Å²) in [5.41, 5.74) is 0. The smallest absolute Gasteiger partial charge is 0.258 e. The van der Waals surface area contributed by atoms with E-state index < -0.39 is 0 Å². The quantitative estimate of drug-likeness (QED) is 0.824. The topological polar surface area (TPSA) is 54.7 Å². The van der Waals surface area contributed by atoms with Crippen LogP contribution in [-0.2, 0) is 4.79 Å². The van der Waals surface area contributed by atoms with E-state index >= 15 is 0 Å². The molecule has 5 heteroatoms. The zero-order chi connectivity index (χ0) is 18.4. The van der Waals surface area contributed by atoms with Gasteiger partial charge in [0.05, 0.1) is 6.04 Å². The Hall–Kier alpha value is -2.27. The van der Waals surface area contributed by atoms with Gasteiger partial charge in [0.15, 0.2) is 6.61 Å². The molecule has 5 nitrogen and oxygen atoms in total. The standard InChI is InChI=1S/C21H28N2O3/c1-16-10-12-23(13-11-16)19(20-9-8-17(2)26-20)14-22-21(24)15-25-18-6-4-3-5-7-18/h3-9,16,19H,10-15H2,1-2H3,(H,22,24)/t19-/m1/s1. The van der Waals surface area contributed by atoms with Gasteiger partial charge >= 0.3 is 0 Å². The van der Waals surface area contributed by atoms with Gasteiger partial charge in [-0.15, -0.1) is 0 Å². The van der Waals surface area contributed by atoms with Gasteiger partial charge in [0.1, 0.15) is 17.3 Å². The summed E-state index contributed by atoms with van der Waals surface area (Å²) in [6.45, 7) is 6.85. The summed E-state index contributed by atoms with van der Waals surface area (Å²) in [5.74, 6) is 3.16. The second kappa shape index (κ2) is 8.90. The third-order valence-corrected chi connectivity index (χ3v) is 4.95. The average molecular weight is 356 g/mol. The van der Waals surface area contributed by atoms with Crippen molar-refractivity contribution in [3.05, 3.63) is 54.0 Å². The van der Waals surface area contributed by atoms with Gasteiger partial charge in [-0.2, -0.15) is 0 Å². The Bertz CT molecular complexity index is 690. The minimum absolute atomic E-state index is 0.0188. The number of likely N-dealkylation sites (tertiary alicyclic amines) is 1. The van der Waals surface area contributed by atoms with E-state index in [0.29, 0.717) is 12.3 Å². The molecule has 0 unspecified atom stereocenters. The number of para-hydroxylation sites is 1. The first-order valence-electron chi connectivity index (χ1n) is 9.37. The molecule has 1 aliphatic heterocycles. The van der Waals surface area contributed by atoms with Gasteiger partial charge < -0.3 is 14.5 Å². The van der Waals surface area contributed by atoms with E-state index in [1.165, 1.54) is 12.8 Å². The average Bonchev–Trinajstić information content (AvgIpc) is 3.08. The second-order valence-corrected chi connectivity index (χ2v) is 7.09. The molecule has 1 aromatic carbocycles. The highest BCUT2D eigenvalue weighted by atomic mass is 16.5. The van der Waals surface area contributed by atoms with Gasteiger partial charge in [-0.3, -0.25) is 9.69 Å². The van der Waals surface area contributed by atoms with Crippen LogP contribution in [0.2, 0.25) is 0 Å². The minimum atomic E-state index is -0.118. The van der Waals surface area contributed by atoms with E-state index in [4.69, 9.17) is 9.15 Å². The fourth-order valence-corrected chi connectivity index (χ4v) is 3.31. The largest absolute Gasteiger partial charge is 0.484 e. The summed E-state index contributed by atoms with van der Waals surface area (Å²) in [6.07, 6.45) is 2.36. The molecule has 1 amide bonds. The predicted molar refractivity (Wildman–Crippen MR) is 101 cm³/mol. The molecule has 1 saturated heterocycles. The predicted octanol–water partition coefficient (Wildman–Crippen LogP) is 3.56. The molecule has 0 spiro atoms. The second-order valence-electron chi connectivity index (χ2n) is 7.09. The lowest BCUT2D eigenvalue weighted by Gasteiger charge is -2.35. The maximum absolute atomic E-state index is 12.2. The molecule has 1 N–H and O–H groups in total. The number of nitrogens with one attached hydrogen (secondary N) is 1. The van der Waals surface area contributed by atoms with Crippen molar-refractivity contribution in [1.29, 1.82) is 0 Å². The van der Waals surface area contributed by atoms with E-state index in [2.05, 4.69) is 17.1 Å². The maximum Gasteiger partial charge on any atom is 0.258 e. The van der Waals surface area contributed by atoms with Gasteiger partial charge in [0.2, 0.25) is 0 Å². The van der Waals surface area contributed by atoms with Crippen molar-refractivity contribution in [2.45, 2.75) is 32.7 Å². The van der Waals surface area contributed by atoms with Crippen LogP contribution in [-0.4, -0.2) is 37.0 Å². The lowest BCUT2D eigenvalue weighted by Crippen LogP contribution is -2.42. The van der Waals surface area contributed by atoms with Crippen molar-refractivity contribution in [3.8, 4) is 5.75 Å². The van der Waals surface area contributed by atoms with Gasteiger partial charge in [-0.1, -0.05) is 25.1 Å². The van der Waals surface area contributed by atoms with Crippen molar-refractivity contribution in [2.75, 3.05) is 26.2 Å². The van der Waals surface area contributed by atoms with E-state index in [1.54, 1.807) is 0 Å². The van der Waals surface area contributed by atoms with Crippen LogP contribution < -0.4 is 10.1 Å². The van der Waals surface area contributed by atoms with Gasteiger partial charge in [-0.05, 0) is 63.0 Å². The fourth-order valence-electron chi connectivity index (χ4n) is 3.31. The summed E-state index contributed by atoms with van der Waals surface area (Å²) < 4.78 is 11.4. The molecule has 0 radical (unpaired) electrons. The normalized spacial score (nSPS) is 17.0. The zero-order valence-corrected chi connectivity index (χ0v) is 15.6. The van der Waals surface area contributed by atoms with Crippen LogP contribution in [0.5, 0.6) is 5.75 Å². The molecule has 0 saturated carbocycles. The van der Waals surface area contributed by atoms with Crippen LogP contribution in [0.3, 0.4) is 0 Å². The molecule has 3 rings (SSSR count). The molecular formula is C21H28N2O3. The molecule has 0 bridgehead atoms. The van der Waals surface area contributed by atoms with E-state index in [9.17, 15) is 4.79 Å². The van der Waals surface area contributed by atoms with Gasteiger partial charge in [-0.25, -0.2) is 0 Å². The number of hydrogen-bond donors (Lipinski definition) is 1. The molecule has 1 fully saturated rings.